The van der Waals surface area contributed by atoms with Gasteiger partial charge in [0.25, 0.3) is 0 Å². The summed E-state index contributed by atoms with van der Waals surface area (Å²) in [6, 6.07) is 16.2. The van der Waals surface area contributed by atoms with Crippen LogP contribution in [0.3, 0.4) is 0 Å². The molecule has 0 unspecified atom stereocenters. The lowest BCUT2D eigenvalue weighted by atomic mass is 10.2. The lowest BCUT2D eigenvalue weighted by Gasteiger charge is -2.09. The van der Waals surface area contributed by atoms with E-state index in [-0.39, 0.29) is 5.63 Å². The number of hydrogen-bond donors (Lipinski definition) is 3. The third-order valence-corrected chi connectivity index (χ3v) is 4.28. The maximum Gasteiger partial charge on any atom is 0.336 e. The van der Waals surface area contributed by atoms with E-state index in [0.717, 1.165) is 27.7 Å². The average Bonchev–Trinajstić information content (AvgIpc) is 3.18. The Hall–Kier alpha value is -4.20. The van der Waals surface area contributed by atoms with E-state index in [4.69, 9.17) is 4.42 Å². The van der Waals surface area contributed by atoms with Crippen molar-refractivity contribution in [2.75, 3.05) is 10.6 Å². The number of anilines is 4. The fourth-order valence-electron chi connectivity index (χ4n) is 2.98. The van der Waals surface area contributed by atoms with Crippen molar-refractivity contribution in [2.45, 2.75) is 0 Å². The van der Waals surface area contributed by atoms with Crippen molar-refractivity contribution in [3.05, 3.63) is 77.4 Å². The molecule has 0 saturated carbocycles. The van der Waals surface area contributed by atoms with Crippen molar-refractivity contribution >= 4 is 45.0 Å². The molecular formula is C20H14N6O2. The topological polar surface area (TPSA) is 109 Å². The molecular weight excluding hydrogens is 356 g/mol. The number of rotatable bonds is 4. The van der Waals surface area contributed by atoms with Crippen LogP contribution in [0.15, 0.2) is 76.2 Å². The van der Waals surface area contributed by atoms with Crippen LogP contribution in [0, 0.1) is 0 Å². The highest BCUT2D eigenvalue weighted by atomic mass is 16.4. The summed E-state index contributed by atoms with van der Waals surface area (Å²) < 4.78 is 5.15. The zero-order chi connectivity index (χ0) is 18.9. The number of H-pyrrole nitrogens is 1. The molecule has 5 rings (SSSR count). The van der Waals surface area contributed by atoms with Gasteiger partial charge in [-0.3, -0.25) is 5.10 Å². The summed E-state index contributed by atoms with van der Waals surface area (Å²) >= 11 is 0. The first kappa shape index (κ1) is 16.0. The third kappa shape index (κ3) is 3.03. The predicted octanol–water partition coefficient (Wildman–Crippen LogP) is 3.95. The van der Waals surface area contributed by atoms with E-state index in [1.165, 1.54) is 6.07 Å². The van der Waals surface area contributed by atoms with Gasteiger partial charge in [0.2, 0.25) is 5.95 Å². The van der Waals surface area contributed by atoms with Gasteiger partial charge in [0, 0.05) is 28.7 Å². The van der Waals surface area contributed by atoms with Crippen molar-refractivity contribution < 1.29 is 4.42 Å². The van der Waals surface area contributed by atoms with Gasteiger partial charge in [0.05, 0.1) is 17.4 Å². The number of benzene rings is 2. The molecule has 0 spiro atoms. The highest BCUT2D eigenvalue weighted by molar-refractivity contribution is 5.92. The van der Waals surface area contributed by atoms with Gasteiger partial charge in [-0.15, -0.1) is 0 Å². The molecule has 3 aromatic heterocycles. The van der Waals surface area contributed by atoms with Crippen molar-refractivity contribution in [2.24, 2.45) is 0 Å². The Morgan fingerprint density at radius 1 is 1.00 bits per heavy atom. The molecule has 0 saturated heterocycles. The molecule has 8 nitrogen and oxygen atoms in total. The van der Waals surface area contributed by atoms with Gasteiger partial charge >= 0.3 is 5.63 Å². The fourth-order valence-corrected chi connectivity index (χ4v) is 2.98. The first-order chi connectivity index (χ1) is 13.7. The van der Waals surface area contributed by atoms with Crippen LogP contribution in [0.25, 0.3) is 21.9 Å². The van der Waals surface area contributed by atoms with E-state index in [1.807, 2.05) is 24.3 Å². The van der Waals surface area contributed by atoms with Gasteiger partial charge in [-0.1, -0.05) is 6.07 Å². The molecule has 0 aliphatic carbocycles. The summed E-state index contributed by atoms with van der Waals surface area (Å²) in [5, 5.41) is 15.3. The minimum atomic E-state index is -0.372. The second-order valence-electron chi connectivity index (χ2n) is 6.16. The average molecular weight is 370 g/mol. The van der Waals surface area contributed by atoms with Gasteiger partial charge in [-0.2, -0.15) is 10.1 Å². The molecule has 0 radical (unpaired) electrons. The number of aromatic amines is 1. The van der Waals surface area contributed by atoms with Crippen LogP contribution >= 0.6 is 0 Å². The Bertz CT molecular complexity index is 1360. The highest BCUT2D eigenvalue weighted by Crippen LogP contribution is 2.25. The summed E-state index contributed by atoms with van der Waals surface area (Å²) in [6.45, 7) is 0. The van der Waals surface area contributed by atoms with Gasteiger partial charge in [-0.05, 0) is 42.5 Å². The lowest BCUT2D eigenvalue weighted by Crippen LogP contribution is -2.01. The third-order valence-electron chi connectivity index (χ3n) is 4.28. The van der Waals surface area contributed by atoms with Crippen molar-refractivity contribution in [1.82, 2.24) is 20.2 Å². The molecule has 0 amide bonds. The van der Waals surface area contributed by atoms with E-state index in [0.29, 0.717) is 17.3 Å². The molecule has 136 valence electrons. The smallest absolute Gasteiger partial charge is 0.336 e. The van der Waals surface area contributed by atoms with Crippen LogP contribution in [0.1, 0.15) is 0 Å². The Labute approximate surface area is 158 Å². The minimum Gasteiger partial charge on any atom is -0.423 e. The van der Waals surface area contributed by atoms with Gasteiger partial charge in [0.15, 0.2) is 0 Å². The maximum atomic E-state index is 11.3. The molecule has 5 aromatic rings. The van der Waals surface area contributed by atoms with Gasteiger partial charge < -0.3 is 15.1 Å². The second-order valence-corrected chi connectivity index (χ2v) is 6.16. The summed E-state index contributed by atoms with van der Waals surface area (Å²) in [4.78, 5) is 20.1. The Balaban J connectivity index is 1.42. The van der Waals surface area contributed by atoms with Crippen LogP contribution in [0.5, 0.6) is 0 Å². The van der Waals surface area contributed by atoms with E-state index in [9.17, 15) is 4.79 Å². The Morgan fingerprint density at radius 2 is 1.96 bits per heavy atom. The first-order valence-corrected chi connectivity index (χ1v) is 8.58. The lowest BCUT2D eigenvalue weighted by molar-refractivity contribution is 0.561. The van der Waals surface area contributed by atoms with Crippen LogP contribution in [-0.2, 0) is 0 Å². The number of nitrogens with zero attached hydrogens (tertiary/aromatic N) is 3. The van der Waals surface area contributed by atoms with E-state index in [1.54, 1.807) is 36.7 Å². The van der Waals surface area contributed by atoms with Gasteiger partial charge in [-0.25, -0.2) is 9.78 Å². The summed E-state index contributed by atoms with van der Waals surface area (Å²) in [6.07, 6.45) is 3.44. The largest absolute Gasteiger partial charge is 0.423 e. The predicted molar refractivity (Wildman–Crippen MR) is 107 cm³/mol. The van der Waals surface area contributed by atoms with E-state index < -0.39 is 0 Å². The molecule has 3 heterocycles. The van der Waals surface area contributed by atoms with Crippen molar-refractivity contribution in [3.8, 4) is 0 Å². The Kier molecular flexibility index (Phi) is 3.72. The van der Waals surface area contributed by atoms with Crippen molar-refractivity contribution in [1.29, 1.82) is 0 Å². The summed E-state index contributed by atoms with van der Waals surface area (Å²) in [7, 11) is 0. The first-order valence-electron chi connectivity index (χ1n) is 8.58. The maximum absolute atomic E-state index is 11.3. The molecule has 0 aliphatic rings. The number of fused-ring (bicyclic) bond motifs is 2. The van der Waals surface area contributed by atoms with Crippen LogP contribution in [0.2, 0.25) is 0 Å². The summed E-state index contributed by atoms with van der Waals surface area (Å²) in [5.41, 5.74) is 2.79. The SMILES string of the molecule is O=c1ccc2cc(Nc3nccc(Nc4cccc5[nH]ncc45)n3)ccc2o1. The molecule has 0 bridgehead atoms. The highest BCUT2D eigenvalue weighted by Gasteiger charge is 2.06. The summed E-state index contributed by atoms with van der Waals surface area (Å²) in [5.74, 6) is 1.10. The van der Waals surface area contributed by atoms with E-state index >= 15 is 0 Å². The molecule has 28 heavy (non-hydrogen) atoms. The zero-order valence-corrected chi connectivity index (χ0v) is 14.5. The normalized spacial score (nSPS) is 11.0. The monoisotopic (exact) mass is 370 g/mol. The molecule has 0 atom stereocenters. The van der Waals surface area contributed by atoms with E-state index in [2.05, 4.69) is 30.8 Å². The molecule has 2 aromatic carbocycles. The Morgan fingerprint density at radius 3 is 2.93 bits per heavy atom. The van der Waals surface area contributed by atoms with Crippen LogP contribution in [-0.4, -0.2) is 20.2 Å². The van der Waals surface area contributed by atoms with Crippen LogP contribution < -0.4 is 16.3 Å². The molecule has 0 aliphatic heterocycles. The number of aromatic nitrogens is 4. The standard InChI is InChI=1S/C20H14N6O2/c27-19-7-4-12-10-13(5-6-17(12)28-19)23-20-21-9-8-18(25-20)24-15-2-1-3-16-14(15)11-22-26-16/h1-11H,(H,22,26)(H2,21,23,24,25). The molecule has 0 fully saturated rings. The fraction of sp³-hybridized carbons (Fsp3) is 0. The van der Waals surface area contributed by atoms with Gasteiger partial charge in [0.1, 0.15) is 11.4 Å². The molecule has 8 heteroatoms. The minimum absolute atomic E-state index is 0.372. The number of nitrogens with one attached hydrogen (secondary N) is 3. The van der Waals surface area contributed by atoms with Crippen molar-refractivity contribution in [3.63, 3.8) is 0 Å². The van der Waals surface area contributed by atoms with Crippen LogP contribution in [0.4, 0.5) is 23.1 Å². The number of hydrogen-bond acceptors (Lipinski definition) is 7. The molecule has 3 N–H and O–H groups in total. The second kappa shape index (κ2) is 6.51. The quantitative estimate of drug-likeness (QED) is 0.411. The zero-order valence-electron chi connectivity index (χ0n) is 14.5.